The number of fused-ring (bicyclic) bond motifs is 2. The fourth-order valence-corrected chi connectivity index (χ4v) is 6.69. The number of benzene rings is 4. The molecule has 60 heavy (non-hydrogen) atoms. The molecule has 0 radical (unpaired) electrons. The summed E-state index contributed by atoms with van der Waals surface area (Å²) in [6.45, 7) is 1.72. The summed E-state index contributed by atoms with van der Waals surface area (Å²) < 4.78 is 72.8. The second-order valence-corrected chi connectivity index (χ2v) is 13.6. The van der Waals surface area contributed by atoms with Crippen LogP contribution in [0, 0.1) is 5.82 Å². The van der Waals surface area contributed by atoms with Crippen LogP contribution < -0.4 is 20.3 Å². The monoisotopic (exact) mass is 832 g/mol. The van der Waals surface area contributed by atoms with E-state index in [1.54, 1.807) is 22.8 Å². The van der Waals surface area contributed by atoms with Gasteiger partial charge in [0.15, 0.2) is 0 Å². The van der Waals surface area contributed by atoms with E-state index in [0.29, 0.717) is 30.1 Å². The summed E-state index contributed by atoms with van der Waals surface area (Å²) in [5.41, 5.74) is 1.05. The summed E-state index contributed by atoms with van der Waals surface area (Å²) >= 11 is 0. The maximum atomic E-state index is 14.2. The van der Waals surface area contributed by atoms with Crippen molar-refractivity contribution < 1.29 is 55.7 Å². The van der Waals surface area contributed by atoms with Crippen molar-refractivity contribution in [2.75, 3.05) is 56.8 Å². The van der Waals surface area contributed by atoms with Gasteiger partial charge in [0.25, 0.3) is 17.7 Å². The largest absolute Gasteiger partial charge is 0.491 e. The Hall–Kier alpha value is -6.66. The van der Waals surface area contributed by atoms with Crippen molar-refractivity contribution in [3.63, 3.8) is 0 Å². The summed E-state index contributed by atoms with van der Waals surface area (Å²) in [6.07, 6.45) is -4.55. The van der Waals surface area contributed by atoms with E-state index in [4.69, 9.17) is 14.2 Å². The first-order valence-corrected chi connectivity index (χ1v) is 18.4. The van der Waals surface area contributed by atoms with E-state index in [0.717, 1.165) is 28.8 Å². The van der Waals surface area contributed by atoms with Gasteiger partial charge in [0.1, 0.15) is 24.2 Å². The zero-order valence-corrected chi connectivity index (χ0v) is 31.4. The third kappa shape index (κ3) is 9.29. The molecule has 1 saturated heterocycles. The summed E-state index contributed by atoms with van der Waals surface area (Å²) in [5.74, 6) is -3.42. The molecule has 2 N–H and O–H groups in total. The molecule has 5 amide bonds. The Labute approximate surface area is 341 Å². The quantitative estimate of drug-likeness (QED) is 0.0725. The first-order chi connectivity index (χ1) is 28.3. The van der Waals surface area contributed by atoms with E-state index >= 15 is 0 Å². The molecule has 4 aromatic carbocycles. The maximum Gasteiger partial charge on any atom is 0.416 e. The number of rotatable bonds is 15. The highest BCUT2D eigenvalue weighted by atomic mass is 19.4. The number of anilines is 2. The molecule has 1 fully saturated rings. The molecule has 2 aliphatic rings. The number of nitrogens with zero attached hydrogens (tertiary/aromatic N) is 4. The van der Waals surface area contributed by atoms with Crippen LogP contribution in [0.2, 0.25) is 0 Å². The summed E-state index contributed by atoms with van der Waals surface area (Å²) in [7, 11) is 1.85. The molecule has 3 heterocycles. The van der Waals surface area contributed by atoms with Gasteiger partial charge in [0.05, 0.1) is 59.8 Å². The average molecular weight is 833 g/mol. The zero-order chi connectivity index (χ0) is 41.8. The van der Waals surface area contributed by atoms with Crippen molar-refractivity contribution in [1.82, 2.24) is 19.8 Å². The van der Waals surface area contributed by atoms with Crippen molar-refractivity contribution in [1.29, 1.82) is 0 Å². The average Bonchev–Trinajstić information content (AvgIpc) is 3.68. The van der Waals surface area contributed by atoms with Crippen LogP contribution in [-0.2, 0) is 25.2 Å². The highest BCUT2D eigenvalue weighted by Crippen LogP contribution is 2.32. The Morgan fingerprint density at radius 1 is 0.883 bits per heavy atom. The molecule has 0 bridgehead atoms. The highest BCUT2D eigenvalue weighted by Gasteiger charge is 2.44. The van der Waals surface area contributed by atoms with Gasteiger partial charge in [0.2, 0.25) is 17.8 Å². The van der Waals surface area contributed by atoms with Crippen LogP contribution in [0.3, 0.4) is 0 Å². The van der Waals surface area contributed by atoms with E-state index < -0.39 is 53.1 Å². The smallest absolute Gasteiger partial charge is 0.416 e. The van der Waals surface area contributed by atoms with E-state index in [-0.39, 0.29) is 74.9 Å². The van der Waals surface area contributed by atoms with Crippen molar-refractivity contribution in [2.45, 2.75) is 32.5 Å². The molecule has 7 rings (SSSR count). The number of likely N-dealkylation sites (N-methyl/N-ethyl adjacent to an activating group) is 1. The Morgan fingerprint density at radius 2 is 1.62 bits per heavy atom. The lowest BCUT2D eigenvalue weighted by Crippen LogP contribution is -2.54. The van der Waals surface area contributed by atoms with Gasteiger partial charge >= 0.3 is 6.18 Å². The van der Waals surface area contributed by atoms with Gasteiger partial charge in [-0.3, -0.25) is 44.1 Å². The molecule has 0 spiro atoms. The molecule has 18 heteroatoms. The molecular formula is C42H40F4N6O8. The maximum absolute atomic E-state index is 14.2. The van der Waals surface area contributed by atoms with Crippen LogP contribution in [0.1, 0.15) is 56.9 Å². The lowest BCUT2D eigenvalue weighted by Gasteiger charge is -2.27. The number of nitrogens with one attached hydrogen (secondary N) is 2. The number of carbonyl (C=O) groups excluding carboxylic acids is 5. The lowest BCUT2D eigenvalue weighted by atomic mass is 10.0. The summed E-state index contributed by atoms with van der Waals surface area (Å²) in [5, 5.41) is 4.75. The minimum Gasteiger partial charge on any atom is -0.491 e. The molecule has 1 unspecified atom stereocenters. The van der Waals surface area contributed by atoms with E-state index in [9.17, 15) is 41.5 Å². The van der Waals surface area contributed by atoms with Crippen LogP contribution in [0.25, 0.3) is 16.7 Å². The molecule has 0 aliphatic carbocycles. The first kappa shape index (κ1) is 42.9. The Morgan fingerprint density at radius 3 is 2.38 bits per heavy atom. The van der Waals surface area contributed by atoms with Gasteiger partial charge in [-0.2, -0.15) is 13.2 Å². The van der Waals surface area contributed by atoms with Crippen LogP contribution in [0.4, 0.5) is 29.2 Å². The Balaban J connectivity index is 0.00000604. The summed E-state index contributed by atoms with van der Waals surface area (Å²) in [4.78, 5) is 70.1. The number of hydrogen-bond acceptors (Lipinski definition) is 10. The number of alkyl halides is 3. The van der Waals surface area contributed by atoms with Gasteiger partial charge in [-0.25, -0.2) is 9.37 Å². The third-order valence-corrected chi connectivity index (χ3v) is 9.67. The second-order valence-electron chi connectivity index (χ2n) is 13.6. The number of amides is 5. The van der Waals surface area contributed by atoms with Gasteiger partial charge in [-0.1, -0.05) is 19.6 Å². The number of imide groups is 2. The number of piperidine rings is 1. The standard InChI is InChI=1S/C41H36F4N6O8.CH4/c1-49(14-15-57-16-17-58-18-19-59-29-9-10-30-31(23-29)39(56)51(38(30)55)34-12-13-35(52)47-37(34)54)27-6-3-7-28(22-27)50-33-11-8-26(42)21-32(33)46-40(50)48-36(53)24-4-2-5-25(20-24)41(43,44)45;/h2-11,20-23,34H,12-19H2,1H3,(H,46,48,53)(H,47,52,54);1H4. The molecule has 0 saturated carbocycles. The summed E-state index contributed by atoms with van der Waals surface area (Å²) in [6, 6.07) is 18.5. The molecule has 14 nitrogen and oxygen atoms in total. The Bertz CT molecular complexity index is 2450. The zero-order valence-electron chi connectivity index (χ0n) is 31.4. The van der Waals surface area contributed by atoms with Crippen LogP contribution in [0.5, 0.6) is 5.75 Å². The van der Waals surface area contributed by atoms with Crippen LogP contribution in [-0.4, -0.2) is 96.7 Å². The molecule has 314 valence electrons. The molecular weight excluding hydrogens is 792 g/mol. The second kappa shape index (κ2) is 18.1. The number of carbonyl (C=O) groups is 5. The highest BCUT2D eigenvalue weighted by molar-refractivity contribution is 6.23. The predicted octanol–water partition coefficient (Wildman–Crippen LogP) is 6.02. The minimum absolute atomic E-state index is 0. The van der Waals surface area contributed by atoms with Crippen LogP contribution in [0.15, 0.2) is 84.9 Å². The van der Waals surface area contributed by atoms with Crippen molar-refractivity contribution in [2.24, 2.45) is 0 Å². The first-order valence-electron chi connectivity index (χ1n) is 18.4. The van der Waals surface area contributed by atoms with Gasteiger partial charge in [-0.05, 0) is 73.2 Å². The topological polar surface area (TPSA) is 161 Å². The lowest BCUT2D eigenvalue weighted by molar-refractivity contribution is -0.138. The molecule has 2 aliphatic heterocycles. The molecule has 5 aromatic rings. The van der Waals surface area contributed by atoms with Crippen molar-refractivity contribution in [3.8, 4) is 11.4 Å². The van der Waals surface area contributed by atoms with E-state index in [2.05, 4.69) is 15.6 Å². The number of aromatic nitrogens is 2. The van der Waals surface area contributed by atoms with Gasteiger partial charge < -0.3 is 19.1 Å². The number of imidazole rings is 1. The van der Waals surface area contributed by atoms with Gasteiger partial charge in [-0.15, -0.1) is 0 Å². The SMILES string of the molecule is C.CN(CCOCCOCCOc1ccc2c(c1)C(=O)N(C1CCC(=O)NC1=O)C2=O)c1cccc(-n2c(NC(=O)c3cccc(C(F)(F)F)c3)nc3cc(F)ccc32)c1. The van der Waals surface area contributed by atoms with Crippen LogP contribution >= 0.6 is 0 Å². The van der Waals surface area contributed by atoms with Gasteiger partial charge in [0, 0.05) is 37.3 Å². The normalized spacial score (nSPS) is 15.2. The number of ether oxygens (including phenoxy) is 3. The molecule has 1 aromatic heterocycles. The number of halogens is 4. The Kier molecular flexibility index (Phi) is 12.9. The van der Waals surface area contributed by atoms with Crippen molar-refractivity contribution in [3.05, 3.63) is 113 Å². The van der Waals surface area contributed by atoms with E-state index in [1.807, 2.05) is 24.1 Å². The molecule has 1 atom stereocenters. The fraction of sp³-hybridized carbons (Fsp3) is 0.286. The van der Waals surface area contributed by atoms with Crippen molar-refractivity contribution >= 4 is 52.2 Å². The third-order valence-electron chi connectivity index (χ3n) is 9.67. The number of hydrogen-bond donors (Lipinski definition) is 2. The minimum atomic E-state index is -4.64. The fourth-order valence-electron chi connectivity index (χ4n) is 6.69. The van der Waals surface area contributed by atoms with E-state index in [1.165, 1.54) is 36.4 Å². The predicted molar refractivity (Wildman–Crippen MR) is 211 cm³/mol.